The number of aliphatic hydroxyl groups is 1. The summed E-state index contributed by atoms with van der Waals surface area (Å²) in [5.74, 6) is 1.03. The van der Waals surface area contributed by atoms with Crippen molar-refractivity contribution in [2.75, 3.05) is 13.1 Å². The maximum absolute atomic E-state index is 13.4. The van der Waals surface area contributed by atoms with Crippen molar-refractivity contribution in [2.24, 2.45) is 5.92 Å². The van der Waals surface area contributed by atoms with Crippen LogP contribution in [0.1, 0.15) is 53.7 Å². The minimum Gasteiger partial charge on any atom is -0.504 e. The van der Waals surface area contributed by atoms with Gasteiger partial charge in [0.25, 0.3) is 5.91 Å². The van der Waals surface area contributed by atoms with Gasteiger partial charge < -0.3 is 20.3 Å². The van der Waals surface area contributed by atoms with Crippen molar-refractivity contribution < 1.29 is 19.7 Å². The normalized spacial score (nSPS) is 33.6. The summed E-state index contributed by atoms with van der Waals surface area (Å²) in [6.07, 6.45) is 6.26. The Bertz CT molecular complexity index is 1460. The monoisotopic (exact) mass is 498 g/mol. The Hall–Kier alpha value is -3.23. The maximum atomic E-state index is 13.4. The van der Waals surface area contributed by atoms with Gasteiger partial charge in [-0.15, -0.1) is 0 Å². The van der Waals surface area contributed by atoms with Gasteiger partial charge in [-0.05, 0) is 74.8 Å². The first-order valence-electron chi connectivity index (χ1n) is 13.5. The van der Waals surface area contributed by atoms with Crippen molar-refractivity contribution in [1.29, 1.82) is 0 Å². The molecule has 5 atom stereocenters. The number of para-hydroxylation sites is 2. The molecule has 2 bridgehead atoms. The number of phenolic OH excluding ortho intramolecular Hbond substituents is 1. The zero-order valence-electron chi connectivity index (χ0n) is 20.6. The quantitative estimate of drug-likeness (QED) is 0.508. The molecule has 8 heteroatoms. The van der Waals surface area contributed by atoms with Crippen LogP contribution in [-0.4, -0.2) is 67.9 Å². The summed E-state index contributed by atoms with van der Waals surface area (Å²) in [5, 5.41) is 26.5. The highest BCUT2D eigenvalue weighted by Crippen LogP contribution is 2.65. The first-order chi connectivity index (χ1) is 18.0. The van der Waals surface area contributed by atoms with Crippen LogP contribution >= 0.6 is 0 Å². The van der Waals surface area contributed by atoms with E-state index in [1.54, 1.807) is 6.07 Å². The number of amides is 1. The molecule has 1 spiro atoms. The first kappa shape index (κ1) is 21.8. The lowest BCUT2D eigenvalue weighted by Gasteiger charge is -2.64. The summed E-state index contributed by atoms with van der Waals surface area (Å²) in [6.45, 7) is 1.92. The minimum atomic E-state index is -0.971. The number of benzene rings is 2. The molecule has 190 valence electrons. The molecule has 1 aromatic heterocycles. The fourth-order valence-corrected chi connectivity index (χ4v) is 7.94. The molecule has 3 aromatic rings. The lowest BCUT2D eigenvalue weighted by Crippen LogP contribution is -2.78. The van der Waals surface area contributed by atoms with Crippen molar-refractivity contribution in [3.05, 3.63) is 59.4 Å². The van der Waals surface area contributed by atoms with Crippen molar-refractivity contribution in [2.45, 2.75) is 67.7 Å². The lowest BCUT2D eigenvalue weighted by atomic mass is 9.48. The Morgan fingerprint density at radius 1 is 1.14 bits per heavy atom. The van der Waals surface area contributed by atoms with Crippen LogP contribution in [0.3, 0.4) is 0 Å². The van der Waals surface area contributed by atoms with Crippen LogP contribution < -0.4 is 10.1 Å². The van der Waals surface area contributed by atoms with E-state index in [-0.39, 0.29) is 29.4 Å². The summed E-state index contributed by atoms with van der Waals surface area (Å²) in [5.41, 5.74) is 2.15. The number of nitrogens with zero attached hydrogens (tertiary/aromatic N) is 3. The second-order valence-corrected chi connectivity index (χ2v) is 11.7. The zero-order valence-corrected chi connectivity index (χ0v) is 20.6. The Kier molecular flexibility index (Phi) is 4.37. The van der Waals surface area contributed by atoms with E-state index in [1.807, 2.05) is 30.3 Å². The Labute approximate surface area is 214 Å². The first-order valence-corrected chi connectivity index (χ1v) is 13.5. The summed E-state index contributed by atoms with van der Waals surface area (Å²) in [4.78, 5) is 24.8. The smallest absolute Gasteiger partial charge is 0.271 e. The molecule has 3 fully saturated rings. The van der Waals surface area contributed by atoms with Gasteiger partial charge in [-0.3, -0.25) is 14.7 Å². The van der Waals surface area contributed by atoms with Gasteiger partial charge in [0, 0.05) is 18.2 Å². The Morgan fingerprint density at radius 2 is 1.97 bits per heavy atom. The predicted molar refractivity (Wildman–Crippen MR) is 136 cm³/mol. The summed E-state index contributed by atoms with van der Waals surface area (Å²) < 4.78 is 6.54. The molecular formula is C29H30N4O4. The molecule has 5 aliphatic rings. The van der Waals surface area contributed by atoms with Crippen molar-refractivity contribution in [3.8, 4) is 11.5 Å². The maximum Gasteiger partial charge on any atom is 0.271 e. The molecular weight excluding hydrogens is 468 g/mol. The molecule has 8 rings (SSSR count). The molecule has 0 radical (unpaired) electrons. The average Bonchev–Trinajstić information content (AvgIpc) is 3.65. The SMILES string of the molecule is O=C(N[C@@H]1CC[C@@]2(O)[C@H]3Cc4ccc(O)c5c4[C@@]2(CCN3CC2CC2)[C@H]1O5)c1cnc2ccccc2n1. The molecule has 2 aliphatic heterocycles. The van der Waals surface area contributed by atoms with Crippen LogP contribution in [0, 0.1) is 5.92 Å². The second kappa shape index (κ2) is 7.42. The van der Waals surface area contributed by atoms with E-state index in [2.05, 4.69) is 20.2 Å². The number of rotatable bonds is 4. The molecule has 3 aliphatic carbocycles. The molecule has 0 unspecified atom stereocenters. The van der Waals surface area contributed by atoms with Crippen LogP contribution in [0.25, 0.3) is 11.0 Å². The van der Waals surface area contributed by atoms with E-state index in [1.165, 1.54) is 19.0 Å². The third-order valence-corrected chi connectivity index (χ3v) is 9.76. The highest BCUT2D eigenvalue weighted by Gasteiger charge is 2.73. The number of likely N-dealkylation sites (tertiary alicyclic amines) is 1. The van der Waals surface area contributed by atoms with E-state index < -0.39 is 17.1 Å². The van der Waals surface area contributed by atoms with Gasteiger partial charge in [-0.25, -0.2) is 4.98 Å². The molecule has 2 saturated carbocycles. The van der Waals surface area contributed by atoms with E-state index in [0.717, 1.165) is 48.5 Å². The molecule has 8 nitrogen and oxygen atoms in total. The van der Waals surface area contributed by atoms with Crippen LogP contribution in [0.4, 0.5) is 0 Å². The molecule has 3 heterocycles. The molecule has 37 heavy (non-hydrogen) atoms. The number of phenols is 1. The molecule has 1 amide bonds. The van der Waals surface area contributed by atoms with Crippen molar-refractivity contribution >= 4 is 16.9 Å². The van der Waals surface area contributed by atoms with E-state index in [4.69, 9.17) is 4.74 Å². The molecule has 2 aromatic carbocycles. The zero-order chi connectivity index (χ0) is 24.9. The van der Waals surface area contributed by atoms with E-state index in [9.17, 15) is 15.0 Å². The van der Waals surface area contributed by atoms with Gasteiger partial charge in [0.1, 0.15) is 11.8 Å². The summed E-state index contributed by atoms with van der Waals surface area (Å²) >= 11 is 0. The number of fused-ring (bicyclic) bond motifs is 1. The van der Waals surface area contributed by atoms with Crippen molar-refractivity contribution in [3.63, 3.8) is 0 Å². The predicted octanol–water partition coefficient (Wildman–Crippen LogP) is 2.70. The second-order valence-electron chi connectivity index (χ2n) is 11.7. The number of hydrogen-bond acceptors (Lipinski definition) is 7. The molecule has 1 saturated heterocycles. The fourth-order valence-electron chi connectivity index (χ4n) is 7.94. The summed E-state index contributed by atoms with van der Waals surface area (Å²) in [6, 6.07) is 10.9. The number of aromatic nitrogens is 2. The van der Waals surface area contributed by atoms with Gasteiger partial charge in [0.05, 0.1) is 34.3 Å². The number of piperidine rings is 1. The number of carbonyl (C=O) groups excluding carboxylic acids is 1. The number of aromatic hydroxyl groups is 1. The highest BCUT2D eigenvalue weighted by molar-refractivity contribution is 5.94. The van der Waals surface area contributed by atoms with Gasteiger partial charge in [-0.2, -0.15) is 0 Å². The van der Waals surface area contributed by atoms with Gasteiger partial charge in [0.15, 0.2) is 11.5 Å². The standard InChI is InChI=1S/C29H30N4O4/c34-22-8-7-17-13-23-29(36)10-9-20(32-27(35)21-14-30-18-3-1-2-4-19(18)31-21)26-28(29,24(17)25(22)37-26)11-12-33(23)15-16-5-6-16/h1-4,7-8,14,16,20,23,26,34,36H,5-6,9-13,15H2,(H,32,35)/t20-,23-,26+,28+,29-/m1/s1. The number of ether oxygens (including phenoxy) is 1. The van der Waals surface area contributed by atoms with Crippen molar-refractivity contribution in [1.82, 2.24) is 20.2 Å². The Morgan fingerprint density at radius 3 is 2.81 bits per heavy atom. The topological polar surface area (TPSA) is 108 Å². The van der Waals surface area contributed by atoms with Gasteiger partial charge >= 0.3 is 0 Å². The third kappa shape index (κ3) is 2.88. The Balaban J connectivity index is 1.17. The lowest BCUT2D eigenvalue weighted by molar-refractivity contribution is -0.191. The largest absolute Gasteiger partial charge is 0.504 e. The van der Waals surface area contributed by atoms with Crippen LogP contribution in [0.15, 0.2) is 42.6 Å². The van der Waals surface area contributed by atoms with E-state index in [0.29, 0.717) is 24.1 Å². The fraction of sp³-hybridized carbons (Fsp3) is 0.483. The summed E-state index contributed by atoms with van der Waals surface area (Å²) in [7, 11) is 0. The number of nitrogens with one attached hydrogen (secondary N) is 1. The molecule has 3 N–H and O–H groups in total. The van der Waals surface area contributed by atoms with Gasteiger partial charge in [0.2, 0.25) is 0 Å². The average molecular weight is 499 g/mol. The van der Waals surface area contributed by atoms with Crippen LogP contribution in [0.2, 0.25) is 0 Å². The third-order valence-electron chi connectivity index (χ3n) is 9.76. The minimum absolute atomic E-state index is 0.0129. The number of carbonyl (C=O) groups is 1. The van der Waals surface area contributed by atoms with Crippen LogP contribution in [-0.2, 0) is 11.8 Å². The van der Waals surface area contributed by atoms with Gasteiger partial charge in [-0.1, -0.05) is 18.2 Å². The van der Waals surface area contributed by atoms with Crippen LogP contribution in [0.5, 0.6) is 11.5 Å². The van der Waals surface area contributed by atoms with E-state index >= 15 is 0 Å². The number of hydrogen-bond donors (Lipinski definition) is 3. The highest BCUT2D eigenvalue weighted by atomic mass is 16.5.